The highest BCUT2D eigenvalue weighted by Gasteiger charge is 2.21. The molecule has 0 radical (unpaired) electrons. The average molecular weight is 572 g/mol. The summed E-state index contributed by atoms with van der Waals surface area (Å²) in [5, 5.41) is 3.39. The predicted molar refractivity (Wildman–Crippen MR) is 138 cm³/mol. The summed E-state index contributed by atoms with van der Waals surface area (Å²) in [6.07, 6.45) is 4.99. The van der Waals surface area contributed by atoms with Gasteiger partial charge >= 0.3 is 0 Å². The number of likely N-dealkylation sites (tertiary alicyclic amines) is 1. The van der Waals surface area contributed by atoms with Gasteiger partial charge in [0.2, 0.25) is 5.88 Å². The van der Waals surface area contributed by atoms with E-state index in [1.54, 1.807) is 31.5 Å². The molecule has 0 saturated carbocycles. The highest BCUT2D eigenvalue weighted by molar-refractivity contribution is 14.0. The van der Waals surface area contributed by atoms with E-state index in [4.69, 9.17) is 19.2 Å². The fourth-order valence-electron chi connectivity index (χ4n) is 3.47. The summed E-state index contributed by atoms with van der Waals surface area (Å²) in [5.74, 6) is 1.62. The van der Waals surface area contributed by atoms with Crippen LogP contribution in [0.4, 0.5) is 4.39 Å². The zero-order valence-electron chi connectivity index (χ0n) is 19.3. The van der Waals surface area contributed by atoms with Crippen molar-refractivity contribution >= 4 is 29.9 Å². The molecule has 33 heavy (non-hydrogen) atoms. The van der Waals surface area contributed by atoms with Crippen molar-refractivity contribution in [3.05, 3.63) is 54.0 Å². The van der Waals surface area contributed by atoms with E-state index < -0.39 is 0 Å². The Hall–Kier alpha value is -1.98. The Morgan fingerprint density at radius 2 is 1.91 bits per heavy atom. The Balaban J connectivity index is 0.00000385. The van der Waals surface area contributed by atoms with Crippen LogP contribution in [0.2, 0.25) is 0 Å². The van der Waals surface area contributed by atoms with Crippen molar-refractivity contribution in [2.45, 2.75) is 38.8 Å². The maximum atomic E-state index is 13.0. The van der Waals surface area contributed by atoms with Gasteiger partial charge in [0, 0.05) is 52.2 Å². The molecule has 1 saturated heterocycles. The maximum Gasteiger partial charge on any atom is 0.219 e. The van der Waals surface area contributed by atoms with Crippen molar-refractivity contribution in [3.63, 3.8) is 0 Å². The van der Waals surface area contributed by atoms with Gasteiger partial charge in [-0.25, -0.2) is 14.4 Å². The number of piperidine rings is 1. The number of hydrogen-bond acceptors (Lipinski definition) is 5. The van der Waals surface area contributed by atoms with Crippen LogP contribution in [0.25, 0.3) is 0 Å². The van der Waals surface area contributed by atoms with Crippen molar-refractivity contribution in [2.75, 3.05) is 40.0 Å². The molecule has 2 heterocycles. The van der Waals surface area contributed by atoms with E-state index in [9.17, 15) is 4.39 Å². The van der Waals surface area contributed by atoms with Crippen LogP contribution in [0.15, 0.2) is 47.6 Å². The molecule has 1 aliphatic rings. The second-order valence-corrected chi connectivity index (χ2v) is 7.63. The molecule has 0 bridgehead atoms. The monoisotopic (exact) mass is 572 g/mol. The van der Waals surface area contributed by atoms with Crippen molar-refractivity contribution in [2.24, 2.45) is 4.99 Å². The number of halogens is 2. The number of nitrogens with one attached hydrogen (secondary N) is 1. The molecule has 3 rings (SSSR count). The first-order valence-electron chi connectivity index (χ1n) is 11.2. The molecule has 9 heteroatoms. The fraction of sp³-hybridized carbons (Fsp3) is 0.500. The summed E-state index contributed by atoms with van der Waals surface area (Å²) >= 11 is 0. The Bertz CT molecular complexity index is 829. The van der Waals surface area contributed by atoms with Crippen molar-refractivity contribution in [3.8, 4) is 11.6 Å². The van der Waals surface area contributed by atoms with E-state index in [1.165, 1.54) is 12.1 Å². The van der Waals surface area contributed by atoms with Crippen LogP contribution in [0, 0.1) is 5.82 Å². The lowest BCUT2D eigenvalue weighted by atomic mass is 10.1. The third kappa shape index (κ3) is 9.42. The van der Waals surface area contributed by atoms with Gasteiger partial charge in [0.15, 0.2) is 5.96 Å². The summed E-state index contributed by atoms with van der Waals surface area (Å²) in [7, 11) is 1.71. The molecule has 1 fully saturated rings. The Morgan fingerprint density at radius 1 is 1.15 bits per heavy atom. The minimum atomic E-state index is -0.297. The summed E-state index contributed by atoms with van der Waals surface area (Å²) in [4.78, 5) is 11.4. The molecule has 0 aliphatic carbocycles. The van der Waals surface area contributed by atoms with Gasteiger partial charge in [0.25, 0.3) is 0 Å². The van der Waals surface area contributed by atoms with Crippen LogP contribution in [-0.4, -0.2) is 61.9 Å². The Labute approximate surface area is 212 Å². The SMILES string of the molecule is CCNC(=NCc1ccc(Oc2ccc(F)cc2)nc1)N1CCC(OCCCOC)CC1.I. The number of aliphatic imine (C=N–C) groups is 1. The smallest absolute Gasteiger partial charge is 0.219 e. The van der Waals surface area contributed by atoms with Crippen molar-refractivity contribution < 1.29 is 18.6 Å². The number of aromatic nitrogens is 1. The van der Waals surface area contributed by atoms with Gasteiger partial charge in [-0.2, -0.15) is 0 Å². The zero-order valence-corrected chi connectivity index (χ0v) is 21.7. The molecular weight excluding hydrogens is 538 g/mol. The lowest BCUT2D eigenvalue weighted by Crippen LogP contribution is -2.47. The quantitative estimate of drug-likeness (QED) is 0.194. The first-order chi connectivity index (χ1) is 15.7. The summed E-state index contributed by atoms with van der Waals surface area (Å²) in [6.45, 7) is 6.75. The van der Waals surface area contributed by atoms with Gasteiger partial charge < -0.3 is 24.4 Å². The van der Waals surface area contributed by atoms with Crippen LogP contribution < -0.4 is 10.1 Å². The molecule has 0 unspecified atom stereocenters. The topological polar surface area (TPSA) is 68.2 Å². The lowest BCUT2D eigenvalue weighted by Gasteiger charge is -2.34. The summed E-state index contributed by atoms with van der Waals surface area (Å²) in [6, 6.07) is 9.61. The van der Waals surface area contributed by atoms with E-state index in [0.29, 0.717) is 24.3 Å². The first kappa shape index (κ1) is 27.3. The van der Waals surface area contributed by atoms with E-state index >= 15 is 0 Å². The van der Waals surface area contributed by atoms with Gasteiger partial charge in [-0.15, -0.1) is 24.0 Å². The highest BCUT2D eigenvalue weighted by Crippen LogP contribution is 2.20. The molecule has 0 spiro atoms. The summed E-state index contributed by atoms with van der Waals surface area (Å²) in [5.41, 5.74) is 0.989. The number of guanidine groups is 1. The van der Waals surface area contributed by atoms with E-state index in [1.807, 2.05) is 6.07 Å². The number of pyridine rings is 1. The number of ether oxygens (including phenoxy) is 3. The average Bonchev–Trinajstić information content (AvgIpc) is 2.82. The largest absolute Gasteiger partial charge is 0.439 e. The van der Waals surface area contributed by atoms with Gasteiger partial charge in [0.1, 0.15) is 11.6 Å². The van der Waals surface area contributed by atoms with E-state index in [-0.39, 0.29) is 29.8 Å². The van der Waals surface area contributed by atoms with Crippen molar-refractivity contribution in [1.29, 1.82) is 0 Å². The maximum absolute atomic E-state index is 13.0. The zero-order chi connectivity index (χ0) is 22.6. The summed E-state index contributed by atoms with van der Waals surface area (Å²) < 4.78 is 29.7. The normalized spacial score (nSPS) is 14.6. The van der Waals surface area contributed by atoms with Gasteiger partial charge in [-0.05, 0) is 56.0 Å². The van der Waals surface area contributed by atoms with Crippen LogP contribution in [0.5, 0.6) is 11.6 Å². The third-order valence-electron chi connectivity index (χ3n) is 5.17. The van der Waals surface area contributed by atoms with Crippen LogP contribution >= 0.6 is 24.0 Å². The minimum Gasteiger partial charge on any atom is -0.439 e. The lowest BCUT2D eigenvalue weighted by molar-refractivity contribution is 0.00990. The molecule has 0 amide bonds. The Morgan fingerprint density at radius 3 is 2.55 bits per heavy atom. The second-order valence-electron chi connectivity index (χ2n) is 7.63. The molecule has 1 N–H and O–H groups in total. The predicted octanol–water partition coefficient (Wildman–Crippen LogP) is 4.61. The van der Waals surface area contributed by atoms with E-state index in [0.717, 1.165) is 63.6 Å². The van der Waals surface area contributed by atoms with Gasteiger partial charge in [0.05, 0.1) is 12.6 Å². The molecule has 1 aromatic heterocycles. The molecule has 182 valence electrons. The number of rotatable bonds is 10. The molecule has 0 atom stereocenters. The third-order valence-corrected chi connectivity index (χ3v) is 5.17. The molecule has 1 aliphatic heterocycles. The standard InChI is InChI=1S/C24H33FN4O3.HI/c1-3-26-24(29-13-11-21(12-14-29)31-16-4-15-30-2)28-18-19-5-10-23(27-17-19)32-22-8-6-20(25)7-9-22;/h5-10,17,21H,3-4,11-16,18H2,1-2H3,(H,26,28);1H. The fourth-order valence-corrected chi connectivity index (χ4v) is 3.47. The highest BCUT2D eigenvalue weighted by atomic mass is 127. The molecular formula is C24H34FIN4O3. The van der Waals surface area contributed by atoms with Gasteiger partial charge in [-0.1, -0.05) is 6.07 Å². The number of nitrogens with zero attached hydrogens (tertiary/aromatic N) is 3. The van der Waals surface area contributed by atoms with Crippen LogP contribution in [0.1, 0.15) is 31.7 Å². The number of hydrogen-bond donors (Lipinski definition) is 1. The van der Waals surface area contributed by atoms with Crippen molar-refractivity contribution in [1.82, 2.24) is 15.2 Å². The first-order valence-corrected chi connectivity index (χ1v) is 11.2. The Kier molecular flexibility index (Phi) is 12.4. The number of methoxy groups -OCH3 is 1. The van der Waals surface area contributed by atoms with E-state index in [2.05, 4.69) is 22.1 Å². The molecule has 2 aromatic rings. The molecule has 1 aromatic carbocycles. The molecule has 7 nitrogen and oxygen atoms in total. The van der Waals surface area contributed by atoms with Gasteiger partial charge in [-0.3, -0.25) is 0 Å². The number of benzene rings is 1. The van der Waals surface area contributed by atoms with Crippen LogP contribution in [0.3, 0.4) is 0 Å². The second kappa shape index (κ2) is 15.0. The minimum absolute atomic E-state index is 0. The van der Waals surface area contributed by atoms with Crippen LogP contribution in [-0.2, 0) is 16.0 Å².